The summed E-state index contributed by atoms with van der Waals surface area (Å²) >= 11 is 0. The van der Waals surface area contributed by atoms with Crippen LogP contribution in [-0.4, -0.2) is 57.2 Å². The molecule has 7 nitrogen and oxygen atoms in total. The Morgan fingerprint density at radius 2 is 2.14 bits per heavy atom. The van der Waals surface area contributed by atoms with Gasteiger partial charge in [-0.05, 0) is 86.4 Å². The first-order chi connectivity index (χ1) is 17.9. The summed E-state index contributed by atoms with van der Waals surface area (Å²) in [5, 5.41) is 25.0. The molecule has 5 aliphatic rings. The number of nitrogens with zero attached hydrogens (tertiary/aromatic N) is 2. The third kappa shape index (κ3) is 2.82. The number of aliphatic hydroxyl groups is 1. The fourth-order valence-corrected chi connectivity index (χ4v) is 8.19. The molecule has 2 bridgehead atoms. The van der Waals surface area contributed by atoms with Crippen molar-refractivity contribution in [2.45, 2.75) is 68.6 Å². The number of phenols is 1. The maximum absolute atomic E-state index is 13.0. The van der Waals surface area contributed by atoms with Crippen molar-refractivity contribution in [1.82, 2.24) is 9.88 Å². The Bertz CT molecular complexity index is 1490. The Morgan fingerprint density at radius 3 is 2.95 bits per heavy atom. The number of ether oxygens (including phenoxy) is 1. The van der Waals surface area contributed by atoms with E-state index in [2.05, 4.69) is 39.1 Å². The second-order valence-corrected chi connectivity index (χ2v) is 12.1. The molecular formula is C30H34N4O3. The fraction of sp³-hybridized carbons (Fsp3) is 0.500. The van der Waals surface area contributed by atoms with Crippen LogP contribution in [-0.2, 0) is 24.7 Å². The normalized spacial score (nSPS) is 31.8. The molecule has 0 amide bonds. The summed E-state index contributed by atoms with van der Waals surface area (Å²) < 4.78 is 6.69. The number of aliphatic imine (C=N–C) groups is 1. The molecule has 4 atom stereocenters. The third-order valence-electron chi connectivity index (χ3n) is 9.99. The number of fused-ring (bicyclic) bond motifs is 4. The zero-order valence-corrected chi connectivity index (χ0v) is 21.3. The molecule has 1 spiro atoms. The van der Waals surface area contributed by atoms with Gasteiger partial charge in [-0.15, -0.1) is 0 Å². The van der Waals surface area contributed by atoms with Crippen molar-refractivity contribution < 1.29 is 14.9 Å². The lowest BCUT2D eigenvalue weighted by atomic mass is 9.49. The summed E-state index contributed by atoms with van der Waals surface area (Å²) in [6, 6.07) is 10.4. The summed E-state index contributed by atoms with van der Waals surface area (Å²) in [5.41, 5.74) is 11.0. The molecule has 2 aliphatic heterocycles. The molecular weight excluding hydrogens is 464 g/mol. The Hall–Kier alpha value is -3.03. The zero-order valence-electron chi connectivity index (χ0n) is 21.3. The van der Waals surface area contributed by atoms with Gasteiger partial charge in [-0.3, -0.25) is 9.89 Å². The number of amidine groups is 1. The van der Waals surface area contributed by atoms with Gasteiger partial charge < -0.3 is 25.7 Å². The smallest absolute Gasteiger partial charge is 0.166 e. The Balaban J connectivity index is 1.30. The molecule has 5 N–H and O–H groups in total. The highest BCUT2D eigenvalue weighted by Gasteiger charge is 2.72. The van der Waals surface area contributed by atoms with Gasteiger partial charge in [-0.1, -0.05) is 12.1 Å². The van der Waals surface area contributed by atoms with E-state index in [0.29, 0.717) is 24.6 Å². The zero-order chi connectivity index (χ0) is 25.1. The standard InChI is InChI=1S/C30H34N4O3/c1-16(31)32-10-8-17-4-6-22-20(12-17)21-14-30(36)24-13-19-5-7-23(35)27-25(19)29(30,28(37-27)26(21)33-22)9-11-34(24)15-18-2-3-18/h4-7,12,18,24,28,33,35-36H,2-3,8-11,13-15H2,1H3,(H2,31,32)/t24-,28-,29-,30+/m0/s1. The second kappa shape index (κ2) is 7.29. The number of nitrogens with two attached hydrogens (primary N) is 1. The van der Waals surface area contributed by atoms with Crippen molar-refractivity contribution in [1.29, 1.82) is 0 Å². The van der Waals surface area contributed by atoms with Crippen LogP contribution < -0.4 is 10.5 Å². The minimum absolute atomic E-state index is 0.0408. The van der Waals surface area contributed by atoms with Crippen LogP contribution in [0.2, 0.25) is 0 Å². The van der Waals surface area contributed by atoms with E-state index in [1.165, 1.54) is 24.0 Å². The number of hydrogen-bond donors (Lipinski definition) is 4. The first-order valence-corrected chi connectivity index (χ1v) is 13.8. The van der Waals surface area contributed by atoms with Crippen LogP contribution >= 0.6 is 0 Å². The molecule has 192 valence electrons. The van der Waals surface area contributed by atoms with Gasteiger partial charge in [-0.2, -0.15) is 0 Å². The minimum Gasteiger partial charge on any atom is -0.504 e. The molecule has 7 heteroatoms. The van der Waals surface area contributed by atoms with Crippen LogP contribution in [0.1, 0.15) is 60.2 Å². The van der Waals surface area contributed by atoms with Gasteiger partial charge in [-0.25, -0.2) is 0 Å². The molecule has 3 heterocycles. The van der Waals surface area contributed by atoms with E-state index >= 15 is 0 Å². The number of aromatic nitrogens is 1. The summed E-state index contributed by atoms with van der Waals surface area (Å²) in [5.74, 6) is 2.13. The predicted molar refractivity (Wildman–Crippen MR) is 142 cm³/mol. The predicted octanol–water partition coefficient (Wildman–Crippen LogP) is 3.49. The van der Waals surface area contributed by atoms with Crippen LogP contribution in [0.3, 0.4) is 0 Å². The number of likely N-dealkylation sites (tertiary alicyclic amines) is 1. The van der Waals surface area contributed by atoms with Crippen LogP contribution in [0.15, 0.2) is 35.3 Å². The topological polar surface area (TPSA) is 107 Å². The van der Waals surface area contributed by atoms with Gasteiger partial charge >= 0.3 is 0 Å². The number of phenolic OH excluding ortho intramolecular Hbond substituents is 1. The van der Waals surface area contributed by atoms with Crippen LogP contribution in [0.25, 0.3) is 10.9 Å². The molecule has 3 aliphatic carbocycles. The first-order valence-electron chi connectivity index (χ1n) is 13.8. The summed E-state index contributed by atoms with van der Waals surface area (Å²) in [7, 11) is 0. The van der Waals surface area contributed by atoms with Gasteiger partial charge in [0.05, 0.1) is 22.5 Å². The van der Waals surface area contributed by atoms with Crippen molar-refractivity contribution in [3.63, 3.8) is 0 Å². The number of H-pyrrole nitrogens is 1. The molecule has 2 aromatic carbocycles. The summed E-state index contributed by atoms with van der Waals surface area (Å²) in [6.45, 7) is 4.51. The summed E-state index contributed by atoms with van der Waals surface area (Å²) in [4.78, 5) is 10.6. The van der Waals surface area contributed by atoms with E-state index in [1.807, 2.05) is 6.92 Å². The molecule has 0 radical (unpaired) electrons. The van der Waals surface area contributed by atoms with Gasteiger partial charge in [0.15, 0.2) is 17.6 Å². The number of nitrogens with one attached hydrogen (secondary N) is 1. The van der Waals surface area contributed by atoms with Crippen molar-refractivity contribution in [2.24, 2.45) is 16.6 Å². The van der Waals surface area contributed by atoms with Crippen molar-refractivity contribution in [3.05, 3.63) is 58.3 Å². The lowest BCUT2D eigenvalue weighted by Crippen LogP contribution is -2.74. The monoisotopic (exact) mass is 498 g/mol. The summed E-state index contributed by atoms with van der Waals surface area (Å²) in [6.07, 6.45) is 5.30. The van der Waals surface area contributed by atoms with Gasteiger partial charge in [0, 0.05) is 42.0 Å². The van der Waals surface area contributed by atoms with E-state index in [1.54, 1.807) is 6.07 Å². The molecule has 1 saturated heterocycles. The molecule has 1 aromatic heterocycles. The van der Waals surface area contributed by atoms with Gasteiger partial charge in [0.2, 0.25) is 0 Å². The second-order valence-electron chi connectivity index (χ2n) is 12.1. The Kier molecular flexibility index (Phi) is 4.34. The van der Waals surface area contributed by atoms with Crippen molar-refractivity contribution >= 4 is 16.7 Å². The highest BCUT2D eigenvalue weighted by Crippen LogP contribution is 2.69. The Morgan fingerprint density at radius 1 is 1.27 bits per heavy atom. The first kappa shape index (κ1) is 22.0. The maximum Gasteiger partial charge on any atom is 0.166 e. The van der Waals surface area contributed by atoms with Gasteiger partial charge in [0.1, 0.15) is 0 Å². The van der Waals surface area contributed by atoms with Crippen LogP contribution in [0.4, 0.5) is 0 Å². The number of benzene rings is 2. The molecule has 37 heavy (non-hydrogen) atoms. The maximum atomic E-state index is 13.0. The molecule has 1 saturated carbocycles. The fourth-order valence-electron chi connectivity index (χ4n) is 8.19. The lowest BCUT2D eigenvalue weighted by Gasteiger charge is -2.62. The molecule has 8 rings (SSSR count). The van der Waals surface area contributed by atoms with E-state index in [-0.39, 0.29) is 17.9 Å². The molecule has 0 unspecified atom stereocenters. The largest absolute Gasteiger partial charge is 0.504 e. The number of hydrogen-bond acceptors (Lipinski definition) is 5. The van der Waals surface area contributed by atoms with Crippen LogP contribution in [0, 0.1) is 5.92 Å². The average molecular weight is 499 g/mol. The lowest BCUT2D eigenvalue weighted by molar-refractivity contribution is -0.173. The number of rotatable bonds is 5. The van der Waals surface area contributed by atoms with Crippen molar-refractivity contribution in [2.75, 3.05) is 19.6 Å². The van der Waals surface area contributed by atoms with E-state index in [0.717, 1.165) is 66.0 Å². The molecule has 2 fully saturated rings. The molecule has 3 aromatic rings. The highest BCUT2D eigenvalue weighted by molar-refractivity contribution is 5.87. The average Bonchev–Trinajstić information content (AvgIpc) is 3.51. The highest BCUT2D eigenvalue weighted by atomic mass is 16.5. The Labute approximate surface area is 216 Å². The van der Waals surface area contributed by atoms with Crippen molar-refractivity contribution in [3.8, 4) is 11.5 Å². The number of aromatic hydroxyl groups is 1. The minimum atomic E-state index is -0.962. The van der Waals surface area contributed by atoms with E-state index in [4.69, 9.17) is 10.5 Å². The number of aromatic amines is 1. The number of piperidine rings is 1. The van der Waals surface area contributed by atoms with E-state index < -0.39 is 11.0 Å². The SMILES string of the molecule is CC(N)=NCCc1ccc2[nH]c3c(c2c1)C[C@@]1(O)[C@@H]2Cc4ccc(O)c5c4[C@@]1(CCN2CC1CC1)[C@H]3O5. The van der Waals surface area contributed by atoms with Gasteiger partial charge in [0.25, 0.3) is 0 Å². The quantitative estimate of drug-likeness (QED) is 0.318. The van der Waals surface area contributed by atoms with E-state index in [9.17, 15) is 10.2 Å². The van der Waals surface area contributed by atoms with Crippen LogP contribution in [0.5, 0.6) is 11.5 Å². The third-order valence-corrected chi connectivity index (χ3v) is 9.99.